The van der Waals surface area contributed by atoms with Crippen molar-refractivity contribution in [2.45, 2.75) is 45.4 Å². The highest BCUT2D eigenvalue weighted by Crippen LogP contribution is 2.32. The Labute approximate surface area is 156 Å². The van der Waals surface area contributed by atoms with E-state index >= 15 is 0 Å². The van der Waals surface area contributed by atoms with Crippen molar-refractivity contribution in [3.8, 4) is 5.75 Å². The van der Waals surface area contributed by atoms with Gasteiger partial charge in [-0.25, -0.2) is 0 Å². The summed E-state index contributed by atoms with van der Waals surface area (Å²) in [5.41, 5.74) is 0.788. The fraction of sp³-hybridized carbons (Fsp3) is 0.619. The zero-order valence-corrected chi connectivity index (χ0v) is 15.9. The fourth-order valence-corrected chi connectivity index (χ4v) is 4.01. The van der Waals surface area contributed by atoms with Gasteiger partial charge in [0.05, 0.1) is 7.11 Å². The van der Waals surface area contributed by atoms with Gasteiger partial charge in [-0.3, -0.25) is 9.59 Å². The van der Waals surface area contributed by atoms with Gasteiger partial charge >= 0.3 is 0 Å². The van der Waals surface area contributed by atoms with Crippen molar-refractivity contribution in [1.29, 1.82) is 0 Å². The molecule has 1 saturated heterocycles. The van der Waals surface area contributed by atoms with E-state index in [9.17, 15) is 9.59 Å². The first-order chi connectivity index (χ1) is 12.6. The van der Waals surface area contributed by atoms with Gasteiger partial charge in [-0.05, 0) is 68.7 Å². The van der Waals surface area contributed by atoms with E-state index in [1.54, 1.807) is 7.11 Å². The minimum absolute atomic E-state index is 0.00234. The maximum Gasteiger partial charge on any atom is 0.227 e. The highest BCUT2D eigenvalue weighted by molar-refractivity contribution is 5.92. The topological polar surface area (TPSA) is 58.6 Å². The van der Waals surface area contributed by atoms with E-state index < -0.39 is 0 Å². The molecule has 1 aliphatic heterocycles. The molecule has 2 fully saturated rings. The van der Waals surface area contributed by atoms with E-state index in [0.717, 1.165) is 69.0 Å². The molecule has 1 heterocycles. The Kier molecular flexibility index (Phi) is 6.17. The number of anilines is 1. The summed E-state index contributed by atoms with van der Waals surface area (Å²) in [7, 11) is 1.62. The lowest BCUT2D eigenvalue weighted by Crippen LogP contribution is -2.42. The number of likely N-dealkylation sites (tertiary alicyclic amines) is 1. The number of amides is 2. The molecule has 5 heteroatoms. The molecule has 3 rings (SSSR count). The van der Waals surface area contributed by atoms with Crippen LogP contribution in [0.3, 0.4) is 0 Å². The first kappa shape index (κ1) is 18.7. The van der Waals surface area contributed by atoms with Gasteiger partial charge in [-0.1, -0.05) is 6.92 Å². The number of nitrogens with one attached hydrogen (secondary N) is 1. The second-order valence-corrected chi connectivity index (χ2v) is 7.77. The van der Waals surface area contributed by atoms with Crippen LogP contribution in [0.4, 0.5) is 5.69 Å². The summed E-state index contributed by atoms with van der Waals surface area (Å²) in [6, 6.07) is 7.38. The number of methoxy groups -OCH3 is 1. The average molecular weight is 358 g/mol. The monoisotopic (exact) mass is 358 g/mol. The van der Waals surface area contributed by atoms with Gasteiger partial charge < -0.3 is 15.0 Å². The van der Waals surface area contributed by atoms with Crippen LogP contribution < -0.4 is 10.1 Å². The summed E-state index contributed by atoms with van der Waals surface area (Å²) in [4.78, 5) is 27.2. The molecule has 0 aromatic heterocycles. The van der Waals surface area contributed by atoms with Gasteiger partial charge in [0.1, 0.15) is 5.75 Å². The SMILES string of the molecule is COc1ccc(NC(=O)C2CCC(C(=O)N3CCC(C)CC3)CC2)cc1. The third kappa shape index (κ3) is 4.57. The van der Waals surface area contributed by atoms with Crippen LogP contribution in [0.1, 0.15) is 45.4 Å². The summed E-state index contributed by atoms with van der Waals surface area (Å²) in [5.74, 6) is 1.99. The molecule has 0 bridgehead atoms. The maximum absolute atomic E-state index is 12.7. The van der Waals surface area contributed by atoms with E-state index in [0.29, 0.717) is 5.91 Å². The standard InChI is InChI=1S/C21H30N2O3/c1-15-11-13-23(14-12-15)21(25)17-5-3-16(4-6-17)20(24)22-18-7-9-19(26-2)10-8-18/h7-10,15-17H,3-6,11-14H2,1-2H3,(H,22,24). The number of nitrogens with zero attached hydrogens (tertiary/aromatic N) is 1. The van der Waals surface area contributed by atoms with E-state index in [4.69, 9.17) is 4.74 Å². The van der Waals surface area contributed by atoms with Crippen molar-refractivity contribution in [2.24, 2.45) is 17.8 Å². The smallest absolute Gasteiger partial charge is 0.227 e. The number of rotatable bonds is 4. The summed E-state index contributed by atoms with van der Waals surface area (Å²) in [5, 5.41) is 2.99. The number of ether oxygens (including phenoxy) is 1. The average Bonchev–Trinajstić information content (AvgIpc) is 2.69. The Morgan fingerprint density at radius 2 is 1.54 bits per heavy atom. The zero-order valence-electron chi connectivity index (χ0n) is 15.9. The molecule has 0 atom stereocenters. The molecule has 1 aliphatic carbocycles. The normalized spacial score (nSPS) is 24.2. The van der Waals surface area contributed by atoms with Gasteiger partial charge in [-0.15, -0.1) is 0 Å². The van der Waals surface area contributed by atoms with E-state index in [-0.39, 0.29) is 17.7 Å². The molecule has 2 aliphatic rings. The first-order valence-corrected chi connectivity index (χ1v) is 9.80. The molecule has 142 valence electrons. The van der Waals surface area contributed by atoms with Crippen LogP contribution in [0.2, 0.25) is 0 Å². The molecule has 0 unspecified atom stereocenters. The van der Waals surface area contributed by atoms with Crippen LogP contribution >= 0.6 is 0 Å². The van der Waals surface area contributed by atoms with E-state index in [2.05, 4.69) is 12.2 Å². The van der Waals surface area contributed by atoms with Crippen LogP contribution in [-0.2, 0) is 9.59 Å². The first-order valence-electron chi connectivity index (χ1n) is 9.80. The van der Waals surface area contributed by atoms with Gasteiger partial charge in [0, 0.05) is 30.6 Å². The predicted octanol–water partition coefficient (Wildman–Crippen LogP) is 3.70. The molecule has 1 aromatic rings. The maximum atomic E-state index is 12.7. The summed E-state index contributed by atoms with van der Waals surface area (Å²) >= 11 is 0. The number of hydrogen-bond donors (Lipinski definition) is 1. The molecule has 1 aromatic carbocycles. The third-order valence-corrected chi connectivity index (χ3v) is 5.90. The Bertz CT molecular complexity index is 613. The predicted molar refractivity (Wildman–Crippen MR) is 102 cm³/mol. The largest absolute Gasteiger partial charge is 0.497 e. The Hall–Kier alpha value is -2.04. The lowest BCUT2D eigenvalue weighted by atomic mass is 9.80. The minimum Gasteiger partial charge on any atom is -0.497 e. The van der Waals surface area contributed by atoms with Crippen LogP contribution in [0.25, 0.3) is 0 Å². The Balaban J connectivity index is 1.46. The van der Waals surface area contributed by atoms with Crippen molar-refractivity contribution in [1.82, 2.24) is 4.90 Å². The minimum atomic E-state index is 0.00234. The molecular formula is C21H30N2O3. The highest BCUT2D eigenvalue weighted by atomic mass is 16.5. The molecule has 0 radical (unpaired) electrons. The number of benzene rings is 1. The zero-order chi connectivity index (χ0) is 18.5. The van der Waals surface area contributed by atoms with Gasteiger partial charge in [0.25, 0.3) is 0 Å². The summed E-state index contributed by atoms with van der Waals surface area (Å²) < 4.78 is 5.13. The van der Waals surface area contributed by atoms with Crippen molar-refractivity contribution >= 4 is 17.5 Å². The third-order valence-electron chi connectivity index (χ3n) is 5.90. The van der Waals surface area contributed by atoms with Crippen molar-refractivity contribution < 1.29 is 14.3 Å². The lowest BCUT2D eigenvalue weighted by molar-refractivity contribution is -0.139. The quantitative estimate of drug-likeness (QED) is 0.893. The Morgan fingerprint density at radius 1 is 0.962 bits per heavy atom. The number of carbonyl (C=O) groups is 2. The summed E-state index contributed by atoms with van der Waals surface area (Å²) in [6.45, 7) is 4.06. The lowest BCUT2D eigenvalue weighted by Gasteiger charge is -2.35. The highest BCUT2D eigenvalue weighted by Gasteiger charge is 2.33. The number of hydrogen-bond acceptors (Lipinski definition) is 3. The second kappa shape index (κ2) is 8.56. The number of carbonyl (C=O) groups excluding carboxylic acids is 2. The van der Waals surface area contributed by atoms with Crippen LogP contribution in [0, 0.1) is 17.8 Å². The van der Waals surface area contributed by atoms with Gasteiger partial charge in [0.15, 0.2) is 0 Å². The molecule has 2 amide bonds. The number of piperidine rings is 1. The molecule has 0 spiro atoms. The second-order valence-electron chi connectivity index (χ2n) is 7.77. The van der Waals surface area contributed by atoms with E-state index in [1.165, 1.54) is 0 Å². The van der Waals surface area contributed by atoms with Crippen molar-refractivity contribution in [3.63, 3.8) is 0 Å². The molecule has 1 saturated carbocycles. The Morgan fingerprint density at radius 3 is 2.12 bits per heavy atom. The molecule has 1 N–H and O–H groups in total. The van der Waals surface area contributed by atoms with Gasteiger partial charge in [-0.2, -0.15) is 0 Å². The summed E-state index contributed by atoms with van der Waals surface area (Å²) in [6.07, 6.45) is 5.47. The van der Waals surface area contributed by atoms with Crippen LogP contribution in [-0.4, -0.2) is 36.9 Å². The fourth-order valence-electron chi connectivity index (χ4n) is 4.01. The van der Waals surface area contributed by atoms with Crippen molar-refractivity contribution in [2.75, 3.05) is 25.5 Å². The van der Waals surface area contributed by atoms with Crippen LogP contribution in [0.5, 0.6) is 5.75 Å². The van der Waals surface area contributed by atoms with Crippen LogP contribution in [0.15, 0.2) is 24.3 Å². The van der Waals surface area contributed by atoms with Crippen molar-refractivity contribution in [3.05, 3.63) is 24.3 Å². The molecular weight excluding hydrogens is 328 g/mol. The molecule has 26 heavy (non-hydrogen) atoms. The van der Waals surface area contributed by atoms with E-state index in [1.807, 2.05) is 29.2 Å². The molecule has 5 nitrogen and oxygen atoms in total. The van der Waals surface area contributed by atoms with Gasteiger partial charge in [0.2, 0.25) is 11.8 Å².